The lowest BCUT2D eigenvalue weighted by Crippen LogP contribution is -2.34. The molecular weight excluding hydrogens is 176 g/mol. The summed E-state index contributed by atoms with van der Waals surface area (Å²) in [7, 11) is 0. The largest absolute Gasteiger partial charge is 0.459 e. The van der Waals surface area contributed by atoms with Gasteiger partial charge in [0.25, 0.3) is 0 Å². The van der Waals surface area contributed by atoms with Crippen LogP contribution < -0.4 is 0 Å². The van der Waals surface area contributed by atoms with E-state index in [1.54, 1.807) is 0 Å². The quantitative estimate of drug-likeness (QED) is 0.435. The molecule has 76 valence electrons. The van der Waals surface area contributed by atoms with Crippen LogP contribution in [0.4, 0.5) is 0 Å². The third-order valence-electron chi connectivity index (χ3n) is 4.16. The molecule has 2 heteroatoms. The maximum atomic E-state index is 11.7. The van der Waals surface area contributed by atoms with Gasteiger partial charge in [0.2, 0.25) is 0 Å². The minimum absolute atomic E-state index is 0.0491. The van der Waals surface area contributed by atoms with Crippen LogP contribution in [0.25, 0.3) is 0 Å². The fourth-order valence-corrected chi connectivity index (χ4v) is 3.45. The van der Waals surface area contributed by atoms with E-state index in [-0.39, 0.29) is 17.5 Å². The molecule has 2 unspecified atom stereocenters. The molecule has 0 N–H and O–H groups in total. The minimum atomic E-state index is -0.0491. The minimum Gasteiger partial charge on any atom is -0.459 e. The topological polar surface area (TPSA) is 26.3 Å². The lowest BCUT2D eigenvalue weighted by Gasteiger charge is -2.31. The summed E-state index contributed by atoms with van der Waals surface area (Å²) in [6.45, 7) is 0. The van der Waals surface area contributed by atoms with Crippen molar-refractivity contribution in [2.45, 2.75) is 44.1 Å². The Hall–Kier alpha value is -0.790. The van der Waals surface area contributed by atoms with Gasteiger partial charge < -0.3 is 4.74 Å². The molecule has 1 heterocycles. The van der Waals surface area contributed by atoms with E-state index in [9.17, 15) is 4.79 Å². The van der Waals surface area contributed by atoms with Crippen LogP contribution in [0.5, 0.6) is 0 Å². The number of rotatable bonds is 0. The molecule has 3 aliphatic rings. The maximum absolute atomic E-state index is 11.7. The molecular formula is C12H16O2. The van der Waals surface area contributed by atoms with Crippen molar-refractivity contribution in [1.82, 2.24) is 0 Å². The SMILES string of the molecule is O=C1OC2(CCCC2)C2CC=CCC12. The first kappa shape index (κ1) is 8.51. The Morgan fingerprint density at radius 1 is 1.21 bits per heavy atom. The molecule has 0 aromatic heterocycles. The summed E-state index contributed by atoms with van der Waals surface area (Å²) in [5.41, 5.74) is -0.0491. The Bertz CT molecular complexity index is 287. The van der Waals surface area contributed by atoms with Crippen LogP contribution in [0.15, 0.2) is 12.2 Å². The van der Waals surface area contributed by atoms with E-state index in [1.807, 2.05) is 0 Å². The highest BCUT2D eigenvalue weighted by Crippen LogP contribution is 2.51. The third kappa shape index (κ3) is 0.999. The Morgan fingerprint density at radius 3 is 2.71 bits per heavy atom. The van der Waals surface area contributed by atoms with Gasteiger partial charge in [-0.15, -0.1) is 0 Å². The third-order valence-corrected chi connectivity index (χ3v) is 4.16. The molecule has 3 rings (SSSR count). The van der Waals surface area contributed by atoms with Crippen molar-refractivity contribution >= 4 is 5.97 Å². The van der Waals surface area contributed by atoms with Gasteiger partial charge in [-0.25, -0.2) is 0 Å². The Labute approximate surface area is 84.3 Å². The van der Waals surface area contributed by atoms with Crippen LogP contribution in [-0.2, 0) is 9.53 Å². The summed E-state index contributed by atoms with van der Waals surface area (Å²) in [6.07, 6.45) is 11.0. The summed E-state index contributed by atoms with van der Waals surface area (Å²) in [6, 6.07) is 0. The summed E-state index contributed by atoms with van der Waals surface area (Å²) in [4.78, 5) is 11.7. The van der Waals surface area contributed by atoms with Crippen LogP contribution in [-0.4, -0.2) is 11.6 Å². The van der Waals surface area contributed by atoms with E-state index >= 15 is 0 Å². The summed E-state index contributed by atoms with van der Waals surface area (Å²) >= 11 is 0. The fraction of sp³-hybridized carbons (Fsp3) is 0.750. The summed E-state index contributed by atoms with van der Waals surface area (Å²) < 4.78 is 5.68. The molecule has 2 fully saturated rings. The molecule has 2 aliphatic carbocycles. The van der Waals surface area contributed by atoms with Crippen molar-refractivity contribution in [3.63, 3.8) is 0 Å². The lowest BCUT2D eigenvalue weighted by atomic mass is 9.74. The number of ether oxygens (including phenoxy) is 1. The molecule has 1 saturated heterocycles. The van der Waals surface area contributed by atoms with Crippen molar-refractivity contribution in [2.24, 2.45) is 11.8 Å². The number of hydrogen-bond donors (Lipinski definition) is 0. The van der Waals surface area contributed by atoms with Crippen molar-refractivity contribution in [2.75, 3.05) is 0 Å². The van der Waals surface area contributed by atoms with Gasteiger partial charge in [-0.1, -0.05) is 12.2 Å². The smallest absolute Gasteiger partial charge is 0.310 e. The maximum Gasteiger partial charge on any atom is 0.310 e. The fourth-order valence-electron chi connectivity index (χ4n) is 3.45. The first-order valence-electron chi connectivity index (χ1n) is 5.70. The van der Waals surface area contributed by atoms with Gasteiger partial charge in [-0.3, -0.25) is 4.79 Å². The van der Waals surface area contributed by atoms with Crippen molar-refractivity contribution < 1.29 is 9.53 Å². The Balaban J connectivity index is 1.94. The standard InChI is InChI=1S/C12H16O2/c13-11-9-5-1-2-6-10(9)12(14-11)7-3-4-8-12/h1-2,9-10H,3-8H2. The van der Waals surface area contributed by atoms with Gasteiger partial charge in [0.1, 0.15) is 5.60 Å². The van der Waals surface area contributed by atoms with Gasteiger partial charge in [-0.05, 0) is 38.5 Å². The van der Waals surface area contributed by atoms with Crippen molar-refractivity contribution in [3.8, 4) is 0 Å². The average molecular weight is 192 g/mol. The van der Waals surface area contributed by atoms with Crippen molar-refractivity contribution in [1.29, 1.82) is 0 Å². The Kier molecular flexibility index (Phi) is 1.73. The van der Waals surface area contributed by atoms with E-state index in [1.165, 1.54) is 12.8 Å². The van der Waals surface area contributed by atoms with E-state index in [4.69, 9.17) is 4.74 Å². The van der Waals surface area contributed by atoms with Crippen molar-refractivity contribution in [3.05, 3.63) is 12.2 Å². The average Bonchev–Trinajstić information content (AvgIpc) is 2.77. The van der Waals surface area contributed by atoms with Crippen LogP contribution in [0.3, 0.4) is 0 Å². The molecule has 0 bridgehead atoms. The number of hydrogen-bond acceptors (Lipinski definition) is 2. The van der Waals surface area contributed by atoms with Gasteiger partial charge >= 0.3 is 5.97 Å². The molecule has 2 atom stereocenters. The molecule has 1 spiro atoms. The predicted molar refractivity (Wildman–Crippen MR) is 52.6 cm³/mol. The van der Waals surface area contributed by atoms with Crippen LogP contribution in [0.1, 0.15) is 38.5 Å². The first-order chi connectivity index (χ1) is 6.82. The molecule has 0 aromatic rings. The zero-order chi connectivity index (χ0) is 9.60. The molecule has 1 saturated carbocycles. The number of esters is 1. The second-order valence-corrected chi connectivity index (χ2v) is 4.85. The molecule has 2 nitrogen and oxygen atoms in total. The molecule has 14 heavy (non-hydrogen) atoms. The van der Waals surface area contributed by atoms with Gasteiger partial charge in [0.15, 0.2) is 0 Å². The van der Waals surface area contributed by atoms with E-state index in [0.29, 0.717) is 5.92 Å². The molecule has 0 aromatic carbocycles. The predicted octanol–water partition coefficient (Wildman–Crippen LogP) is 2.44. The highest BCUT2D eigenvalue weighted by Gasteiger charge is 2.55. The van der Waals surface area contributed by atoms with Crippen LogP contribution in [0.2, 0.25) is 0 Å². The molecule has 0 amide bonds. The Morgan fingerprint density at radius 2 is 1.93 bits per heavy atom. The second-order valence-electron chi connectivity index (χ2n) is 4.85. The summed E-state index contributed by atoms with van der Waals surface area (Å²) in [5.74, 6) is 0.738. The zero-order valence-corrected chi connectivity index (χ0v) is 8.37. The van der Waals surface area contributed by atoms with E-state index < -0.39 is 0 Å². The zero-order valence-electron chi connectivity index (χ0n) is 8.37. The second kappa shape index (κ2) is 2.85. The molecule has 1 aliphatic heterocycles. The normalized spacial score (nSPS) is 38.7. The number of carbonyl (C=O) groups is 1. The highest BCUT2D eigenvalue weighted by atomic mass is 16.6. The number of allylic oxidation sites excluding steroid dienone is 2. The highest BCUT2D eigenvalue weighted by molar-refractivity contribution is 5.76. The lowest BCUT2D eigenvalue weighted by molar-refractivity contribution is -0.150. The number of carbonyl (C=O) groups excluding carboxylic acids is 1. The van der Waals surface area contributed by atoms with Crippen LogP contribution >= 0.6 is 0 Å². The molecule has 0 radical (unpaired) electrons. The van der Waals surface area contributed by atoms with E-state index in [2.05, 4.69) is 12.2 Å². The van der Waals surface area contributed by atoms with Gasteiger partial charge in [0, 0.05) is 5.92 Å². The summed E-state index contributed by atoms with van der Waals surface area (Å²) in [5, 5.41) is 0. The van der Waals surface area contributed by atoms with Gasteiger partial charge in [0.05, 0.1) is 5.92 Å². The van der Waals surface area contributed by atoms with Crippen LogP contribution in [0, 0.1) is 11.8 Å². The monoisotopic (exact) mass is 192 g/mol. The van der Waals surface area contributed by atoms with E-state index in [0.717, 1.165) is 25.7 Å². The number of fused-ring (bicyclic) bond motifs is 2. The van der Waals surface area contributed by atoms with Gasteiger partial charge in [-0.2, -0.15) is 0 Å². The first-order valence-corrected chi connectivity index (χ1v) is 5.70.